The van der Waals surface area contributed by atoms with Gasteiger partial charge in [-0.1, -0.05) is 298 Å². The molecule has 0 rings (SSSR count). The Hall–Kier alpha value is -3.67. The molecule has 0 aliphatic heterocycles. The summed E-state index contributed by atoms with van der Waals surface area (Å²) in [6.07, 6.45) is 84.5. The number of hydrogen-bond donors (Lipinski definition) is 0. The SMILES string of the molecule is CC/C=C\C/C=C\C/C=C\C/C=C\CCCCCCC(=O)OC(COC(=O)CC/C=C\C/C=C\C/C=C\C/C=C\CC)COC(=O)CCCCCCCCCCCCCCCCCCCCCCCCCCCCC. The lowest BCUT2D eigenvalue weighted by atomic mass is 10.0. The summed E-state index contributed by atoms with van der Waals surface area (Å²) in [5.41, 5.74) is 0. The maximum atomic E-state index is 12.9. The predicted molar refractivity (Wildman–Crippen MR) is 325 cm³/mol. The zero-order valence-corrected chi connectivity index (χ0v) is 49.3. The van der Waals surface area contributed by atoms with Crippen LogP contribution in [0, 0.1) is 0 Å². The van der Waals surface area contributed by atoms with E-state index in [0.29, 0.717) is 12.8 Å². The number of carbonyl (C=O) groups excluding carboxylic acids is 3. The second-order valence-corrected chi connectivity index (χ2v) is 20.9. The lowest BCUT2D eigenvalue weighted by molar-refractivity contribution is -0.166. The summed E-state index contributed by atoms with van der Waals surface area (Å²) in [6, 6.07) is 0. The number of allylic oxidation sites excluding steroid dienone is 16. The third-order valence-corrected chi connectivity index (χ3v) is 13.6. The number of ether oxygens (including phenoxy) is 3. The maximum absolute atomic E-state index is 12.9. The molecule has 0 aliphatic rings. The van der Waals surface area contributed by atoms with E-state index in [1.807, 2.05) is 6.08 Å². The molecule has 1 atom stereocenters. The minimum Gasteiger partial charge on any atom is -0.462 e. The molecule has 0 aromatic heterocycles. The van der Waals surface area contributed by atoms with Crippen molar-refractivity contribution < 1.29 is 28.6 Å². The second kappa shape index (κ2) is 62.9. The second-order valence-electron chi connectivity index (χ2n) is 20.9. The lowest BCUT2D eigenvalue weighted by Crippen LogP contribution is -2.30. The Kier molecular flexibility index (Phi) is 59.8. The van der Waals surface area contributed by atoms with Gasteiger partial charge >= 0.3 is 17.9 Å². The Morgan fingerprint density at radius 3 is 0.893 bits per heavy atom. The van der Waals surface area contributed by atoms with E-state index in [-0.39, 0.29) is 44.0 Å². The lowest BCUT2D eigenvalue weighted by Gasteiger charge is -2.18. The molecule has 0 aliphatic carbocycles. The average molecular weight is 1040 g/mol. The summed E-state index contributed by atoms with van der Waals surface area (Å²) < 4.78 is 16.8. The highest BCUT2D eigenvalue weighted by Crippen LogP contribution is 2.17. The maximum Gasteiger partial charge on any atom is 0.306 e. The number of unbranched alkanes of at least 4 members (excludes halogenated alkanes) is 30. The number of esters is 3. The number of hydrogen-bond acceptors (Lipinski definition) is 6. The van der Waals surface area contributed by atoms with Crippen LogP contribution >= 0.6 is 0 Å². The van der Waals surface area contributed by atoms with Gasteiger partial charge in [-0.25, -0.2) is 0 Å². The minimum atomic E-state index is -0.820. The summed E-state index contributed by atoms with van der Waals surface area (Å²) >= 11 is 0. The zero-order chi connectivity index (χ0) is 54.3. The van der Waals surface area contributed by atoms with Crippen molar-refractivity contribution in [2.75, 3.05) is 13.2 Å². The van der Waals surface area contributed by atoms with Crippen molar-refractivity contribution in [1.82, 2.24) is 0 Å². The van der Waals surface area contributed by atoms with E-state index >= 15 is 0 Å². The van der Waals surface area contributed by atoms with Gasteiger partial charge in [0.1, 0.15) is 13.2 Å². The van der Waals surface area contributed by atoms with Gasteiger partial charge in [0, 0.05) is 19.3 Å². The van der Waals surface area contributed by atoms with Crippen molar-refractivity contribution in [3.63, 3.8) is 0 Å². The highest BCUT2D eigenvalue weighted by molar-refractivity contribution is 5.71. The van der Waals surface area contributed by atoms with Crippen LogP contribution in [0.25, 0.3) is 0 Å². The zero-order valence-electron chi connectivity index (χ0n) is 49.3. The molecule has 0 amide bonds. The first-order valence-electron chi connectivity index (χ1n) is 31.7. The normalized spacial score (nSPS) is 12.7. The fourth-order valence-corrected chi connectivity index (χ4v) is 8.92. The fraction of sp³-hybridized carbons (Fsp3) is 0.725. The monoisotopic (exact) mass is 1040 g/mol. The Morgan fingerprint density at radius 1 is 0.280 bits per heavy atom. The Balaban J connectivity index is 4.30. The Labute approximate surface area is 464 Å². The van der Waals surface area contributed by atoms with Gasteiger partial charge in [0.15, 0.2) is 6.10 Å². The van der Waals surface area contributed by atoms with Crippen molar-refractivity contribution in [2.24, 2.45) is 0 Å². The van der Waals surface area contributed by atoms with Crippen LogP contribution in [0.2, 0.25) is 0 Å². The first-order valence-corrected chi connectivity index (χ1v) is 31.7. The molecule has 0 aromatic carbocycles. The van der Waals surface area contributed by atoms with Gasteiger partial charge in [-0.05, 0) is 83.5 Å². The third kappa shape index (κ3) is 61.1. The van der Waals surface area contributed by atoms with Crippen LogP contribution in [0.5, 0.6) is 0 Å². The molecule has 0 spiro atoms. The Bertz CT molecular complexity index is 1480. The molecule has 0 bridgehead atoms. The number of carbonyl (C=O) groups is 3. The molecule has 0 aromatic rings. The molecular weight excluding hydrogens is 925 g/mol. The van der Waals surface area contributed by atoms with Gasteiger partial charge in [-0.15, -0.1) is 0 Å². The van der Waals surface area contributed by atoms with Gasteiger partial charge in [0.25, 0.3) is 0 Å². The van der Waals surface area contributed by atoms with Crippen molar-refractivity contribution >= 4 is 17.9 Å². The molecule has 6 nitrogen and oxygen atoms in total. The summed E-state index contributed by atoms with van der Waals surface area (Å²) in [5, 5.41) is 0. The largest absolute Gasteiger partial charge is 0.462 e. The first kappa shape index (κ1) is 71.3. The van der Waals surface area contributed by atoms with Crippen molar-refractivity contribution in [1.29, 1.82) is 0 Å². The van der Waals surface area contributed by atoms with Gasteiger partial charge in [-0.3, -0.25) is 14.4 Å². The third-order valence-electron chi connectivity index (χ3n) is 13.6. The van der Waals surface area contributed by atoms with Crippen LogP contribution in [0.3, 0.4) is 0 Å². The molecule has 0 fully saturated rings. The predicted octanol–water partition coefficient (Wildman–Crippen LogP) is 21.7. The molecule has 0 N–H and O–H groups in total. The van der Waals surface area contributed by atoms with Gasteiger partial charge in [0.2, 0.25) is 0 Å². The van der Waals surface area contributed by atoms with E-state index in [9.17, 15) is 14.4 Å². The number of rotatable bonds is 57. The van der Waals surface area contributed by atoms with E-state index in [2.05, 4.69) is 112 Å². The molecular formula is C69H118O6. The van der Waals surface area contributed by atoms with Crippen molar-refractivity contribution in [3.8, 4) is 0 Å². The molecule has 0 saturated carbocycles. The highest BCUT2D eigenvalue weighted by atomic mass is 16.6. The van der Waals surface area contributed by atoms with E-state index < -0.39 is 6.10 Å². The van der Waals surface area contributed by atoms with E-state index in [4.69, 9.17) is 14.2 Å². The molecule has 430 valence electrons. The van der Waals surface area contributed by atoms with Crippen LogP contribution < -0.4 is 0 Å². The van der Waals surface area contributed by atoms with Gasteiger partial charge in [0.05, 0.1) is 0 Å². The van der Waals surface area contributed by atoms with E-state index in [1.54, 1.807) is 0 Å². The van der Waals surface area contributed by atoms with E-state index in [1.165, 1.54) is 154 Å². The quantitative estimate of drug-likeness (QED) is 0.0261. The smallest absolute Gasteiger partial charge is 0.306 e. The molecule has 75 heavy (non-hydrogen) atoms. The standard InChI is InChI=1S/C69H118O6/c1-4-7-10-13-16-19-22-25-27-29-30-31-32-33-34-35-36-37-38-40-41-44-47-50-53-56-59-62-68(71)74-65-66(64-73-67(70)61-58-55-52-49-46-43-24-21-18-15-12-9-6-3)75-69(72)63-60-57-54-51-48-45-42-39-28-26-23-20-17-14-11-8-5-2/h8-9,11-12,17-18,20-21,26,28,42-43,45-46,52,55,66H,4-7,10,13-16,19,22-25,27,29-41,44,47-51,53-54,56-65H2,1-3H3/b11-8-,12-9-,20-17-,21-18-,28-26-,45-42-,46-43-,55-52-. The summed E-state index contributed by atoms with van der Waals surface area (Å²) in [7, 11) is 0. The van der Waals surface area contributed by atoms with Crippen molar-refractivity contribution in [2.45, 2.75) is 309 Å². The summed E-state index contributed by atoms with van der Waals surface area (Å²) in [5.74, 6) is -1.01. The van der Waals surface area contributed by atoms with Gasteiger partial charge in [-0.2, -0.15) is 0 Å². The van der Waals surface area contributed by atoms with Crippen LogP contribution in [-0.4, -0.2) is 37.2 Å². The van der Waals surface area contributed by atoms with Crippen LogP contribution in [0.1, 0.15) is 303 Å². The van der Waals surface area contributed by atoms with Gasteiger partial charge < -0.3 is 14.2 Å². The summed E-state index contributed by atoms with van der Waals surface area (Å²) in [4.78, 5) is 38.2. The average Bonchev–Trinajstić information content (AvgIpc) is 3.41. The van der Waals surface area contributed by atoms with Crippen LogP contribution in [0.4, 0.5) is 0 Å². The molecule has 0 saturated heterocycles. The first-order chi connectivity index (χ1) is 37.0. The molecule has 0 radical (unpaired) electrons. The van der Waals surface area contributed by atoms with Crippen LogP contribution in [0.15, 0.2) is 97.2 Å². The molecule has 6 heteroatoms. The minimum absolute atomic E-state index is 0.108. The summed E-state index contributed by atoms with van der Waals surface area (Å²) in [6.45, 7) is 6.35. The highest BCUT2D eigenvalue weighted by Gasteiger charge is 2.19. The van der Waals surface area contributed by atoms with E-state index in [0.717, 1.165) is 103 Å². The van der Waals surface area contributed by atoms with Crippen molar-refractivity contribution in [3.05, 3.63) is 97.2 Å². The fourth-order valence-electron chi connectivity index (χ4n) is 8.92. The topological polar surface area (TPSA) is 78.9 Å². The molecule has 0 heterocycles. The Morgan fingerprint density at radius 2 is 0.547 bits per heavy atom. The van der Waals surface area contributed by atoms with Crippen LogP contribution in [-0.2, 0) is 28.6 Å². The molecule has 1 unspecified atom stereocenters.